The minimum absolute atomic E-state index is 0.109. The molecule has 1 saturated carbocycles. The maximum atomic E-state index is 15.3. The molecule has 3 aliphatic carbocycles. The van der Waals surface area contributed by atoms with Crippen molar-refractivity contribution < 1.29 is 24.3 Å². The summed E-state index contributed by atoms with van der Waals surface area (Å²) in [5, 5.41) is 12.9. The smallest absolute Gasteiger partial charge is 0.238 e. The van der Waals surface area contributed by atoms with Gasteiger partial charge in [0.05, 0.1) is 22.9 Å². The molecule has 4 aliphatic rings. The van der Waals surface area contributed by atoms with Crippen LogP contribution in [0.3, 0.4) is 0 Å². The summed E-state index contributed by atoms with van der Waals surface area (Å²) in [6.07, 6.45) is 4.12. The van der Waals surface area contributed by atoms with Crippen LogP contribution in [0.15, 0.2) is 139 Å². The van der Waals surface area contributed by atoms with Gasteiger partial charge in [0, 0.05) is 27.8 Å². The van der Waals surface area contributed by atoms with Crippen LogP contribution in [0.5, 0.6) is 5.75 Å². The van der Waals surface area contributed by atoms with Crippen molar-refractivity contribution in [2.45, 2.75) is 24.2 Å². The summed E-state index contributed by atoms with van der Waals surface area (Å²) in [6.45, 7) is 0. The summed E-state index contributed by atoms with van der Waals surface area (Å²) in [5.41, 5.74) is 2.50. The van der Waals surface area contributed by atoms with Gasteiger partial charge in [0.15, 0.2) is 11.6 Å². The third-order valence-electron chi connectivity index (χ3n) is 11.7. The summed E-state index contributed by atoms with van der Waals surface area (Å²) in [7, 11) is 0. The van der Waals surface area contributed by atoms with Crippen LogP contribution in [0, 0.1) is 23.7 Å². The van der Waals surface area contributed by atoms with Crippen LogP contribution < -0.4 is 4.90 Å². The number of nitrogens with zero attached hydrogens (tertiary/aromatic N) is 1. The van der Waals surface area contributed by atoms with Crippen molar-refractivity contribution in [3.8, 4) is 5.75 Å². The summed E-state index contributed by atoms with van der Waals surface area (Å²) in [6, 6.07) is 36.5. The molecule has 7 heteroatoms. The van der Waals surface area contributed by atoms with Gasteiger partial charge in [0.2, 0.25) is 11.8 Å². The molecular weight excluding hydrogens is 658 g/mol. The van der Waals surface area contributed by atoms with Crippen molar-refractivity contribution in [3.05, 3.63) is 161 Å². The van der Waals surface area contributed by atoms with E-state index in [-0.39, 0.29) is 35.6 Å². The molecule has 0 bridgehead atoms. The second-order valence-corrected chi connectivity index (χ2v) is 14.4. The fourth-order valence-electron chi connectivity index (χ4n) is 9.62. The van der Waals surface area contributed by atoms with Crippen LogP contribution in [0.25, 0.3) is 16.3 Å². The average Bonchev–Trinajstić information content (AvgIpc) is 3.42. The molecule has 6 unspecified atom stereocenters. The quantitative estimate of drug-likeness (QED) is 0.152. The van der Waals surface area contributed by atoms with Gasteiger partial charge in [-0.25, -0.2) is 0 Å². The van der Waals surface area contributed by atoms with Crippen LogP contribution >= 0.6 is 11.6 Å². The fraction of sp³-hybridized carbons (Fsp3) is 0.182. The normalized spacial score (nSPS) is 27.1. The molecule has 5 aromatic carbocycles. The molecule has 1 saturated heterocycles. The van der Waals surface area contributed by atoms with Crippen molar-refractivity contribution in [2.75, 3.05) is 4.90 Å². The molecule has 0 aromatic heterocycles. The molecule has 1 heterocycles. The molecule has 6 atom stereocenters. The van der Waals surface area contributed by atoms with Gasteiger partial charge in [-0.05, 0) is 77.2 Å². The molecule has 1 N–H and O–H groups in total. The Morgan fingerprint density at radius 2 is 1.37 bits per heavy atom. The van der Waals surface area contributed by atoms with E-state index in [1.54, 1.807) is 30.3 Å². The molecule has 51 heavy (non-hydrogen) atoms. The number of hydrogen-bond donors (Lipinski definition) is 1. The van der Waals surface area contributed by atoms with E-state index in [1.807, 2.05) is 91.0 Å². The van der Waals surface area contributed by atoms with Gasteiger partial charge < -0.3 is 5.11 Å². The summed E-state index contributed by atoms with van der Waals surface area (Å²) in [5.74, 6) is -4.17. The number of rotatable bonds is 4. The number of aromatic hydroxyl groups is 1. The highest BCUT2D eigenvalue weighted by Gasteiger charge is 2.66. The highest BCUT2D eigenvalue weighted by atomic mass is 35.5. The number of halogens is 1. The minimum Gasteiger partial charge on any atom is -0.507 e. The first-order valence-electron chi connectivity index (χ1n) is 17.3. The molecule has 2 amide bonds. The number of benzene rings is 5. The lowest BCUT2D eigenvalue weighted by molar-refractivity contribution is -0.134. The Balaban J connectivity index is 1.31. The van der Waals surface area contributed by atoms with Gasteiger partial charge in [-0.1, -0.05) is 114 Å². The van der Waals surface area contributed by atoms with Crippen molar-refractivity contribution in [3.63, 3.8) is 0 Å². The summed E-state index contributed by atoms with van der Waals surface area (Å²) < 4.78 is 0. The molecular formula is C44H32ClNO5. The Bertz CT molecular complexity index is 2350. The number of anilines is 1. The van der Waals surface area contributed by atoms with Crippen LogP contribution in [-0.2, 0) is 24.6 Å². The Morgan fingerprint density at radius 3 is 2.10 bits per heavy atom. The zero-order valence-electron chi connectivity index (χ0n) is 27.4. The van der Waals surface area contributed by atoms with Gasteiger partial charge in [-0.15, -0.1) is 0 Å². The summed E-state index contributed by atoms with van der Waals surface area (Å²) >= 11 is 6.16. The number of phenolic OH excluding ortho intramolecular Hbond substituents is 1. The molecule has 6 nitrogen and oxygen atoms in total. The topological polar surface area (TPSA) is 91.8 Å². The van der Waals surface area contributed by atoms with Crippen molar-refractivity contribution in [1.29, 1.82) is 0 Å². The number of amides is 2. The first kappa shape index (κ1) is 31.4. The standard InChI is InChI=1S/C44H32ClNO5/c45-27-15-17-28(18-16-27)46-42(50)33-20-19-32-35(39(33)43(46)51)23-36-41(49)34(25-9-3-1-4-10-25)24-38(48)44(36,26-11-5-2-6-12-26)40(32)31-21-22-37(47)30-14-8-7-13-29(30)31/h1-19,21-22,24,33,35-36,39-40,47H,20,23H2. The lowest BCUT2D eigenvalue weighted by Gasteiger charge is -2.55. The first-order valence-corrected chi connectivity index (χ1v) is 17.6. The highest BCUT2D eigenvalue weighted by molar-refractivity contribution is 6.32. The van der Waals surface area contributed by atoms with Crippen molar-refractivity contribution >= 4 is 57.0 Å². The fourth-order valence-corrected chi connectivity index (χ4v) is 9.75. The molecule has 250 valence electrons. The molecule has 0 radical (unpaired) electrons. The Labute approximate surface area is 299 Å². The van der Waals surface area contributed by atoms with E-state index in [0.29, 0.717) is 33.7 Å². The molecule has 2 fully saturated rings. The number of imide groups is 1. The average molecular weight is 690 g/mol. The van der Waals surface area contributed by atoms with Crippen LogP contribution in [0.1, 0.15) is 35.4 Å². The van der Waals surface area contributed by atoms with Gasteiger partial charge in [-0.2, -0.15) is 0 Å². The number of Topliss-reactive ketones (excluding diaryl/α,β-unsaturated/α-hetero) is 1. The third-order valence-corrected chi connectivity index (χ3v) is 12.0. The lowest BCUT2D eigenvalue weighted by atomic mass is 9.44. The van der Waals surface area contributed by atoms with E-state index in [9.17, 15) is 14.7 Å². The van der Waals surface area contributed by atoms with E-state index in [0.717, 1.165) is 22.1 Å². The minimum atomic E-state index is -1.35. The lowest BCUT2D eigenvalue weighted by Crippen LogP contribution is -2.58. The maximum absolute atomic E-state index is 15.3. The van der Waals surface area contributed by atoms with Crippen molar-refractivity contribution in [2.24, 2.45) is 23.7 Å². The monoisotopic (exact) mass is 689 g/mol. The Morgan fingerprint density at radius 1 is 0.706 bits per heavy atom. The second kappa shape index (κ2) is 11.7. The van der Waals surface area contributed by atoms with Gasteiger partial charge in [0.1, 0.15) is 5.75 Å². The SMILES string of the molecule is O=C1C(c2ccccc2)=CC(=O)C2(c3ccccc3)C1CC1C(=CCC3C(=O)N(c4ccc(Cl)cc4)C(=O)C31)C2c1ccc(O)c2ccccc12. The molecule has 0 spiro atoms. The molecule has 1 aliphatic heterocycles. The number of carbonyl (C=O) groups is 4. The highest BCUT2D eigenvalue weighted by Crippen LogP contribution is 2.64. The number of allylic oxidation sites excluding steroid dienone is 4. The van der Waals surface area contributed by atoms with Crippen LogP contribution in [0.4, 0.5) is 5.69 Å². The number of fused-ring (bicyclic) bond motifs is 5. The molecule has 5 aromatic rings. The van der Waals surface area contributed by atoms with E-state index < -0.39 is 35.0 Å². The number of hydrogen-bond acceptors (Lipinski definition) is 5. The predicted octanol–water partition coefficient (Wildman–Crippen LogP) is 8.23. The number of carbonyl (C=O) groups excluding carboxylic acids is 4. The van der Waals surface area contributed by atoms with E-state index >= 15 is 9.59 Å². The first-order chi connectivity index (χ1) is 24.8. The van der Waals surface area contributed by atoms with E-state index in [4.69, 9.17) is 11.6 Å². The van der Waals surface area contributed by atoms with Gasteiger partial charge in [-0.3, -0.25) is 24.1 Å². The van der Waals surface area contributed by atoms with E-state index in [1.165, 1.54) is 11.0 Å². The van der Waals surface area contributed by atoms with Crippen LogP contribution in [0.2, 0.25) is 5.02 Å². The number of phenols is 1. The third kappa shape index (κ3) is 4.49. The second-order valence-electron chi connectivity index (χ2n) is 14.0. The predicted molar refractivity (Wildman–Crippen MR) is 196 cm³/mol. The van der Waals surface area contributed by atoms with E-state index in [2.05, 4.69) is 6.08 Å². The zero-order chi connectivity index (χ0) is 35.0. The van der Waals surface area contributed by atoms with Gasteiger partial charge in [0.25, 0.3) is 0 Å². The number of ketones is 2. The largest absolute Gasteiger partial charge is 0.507 e. The summed E-state index contributed by atoms with van der Waals surface area (Å²) in [4.78, 5) is 60.4. The van der Waals surface area contributed by atoms with Crippen molar-refractivity contribution in [1.82, 2.24) is 0 Å². The van der Waals surface area contributed by atoms with Gasteiger partial charge >= 0.3 is 0 Å². The Kier molecular flexibility index (Phi) is 7.23. The maximum Gasteiger partial charge on any atom is 0.238 e. The zero-order valence-corrected chi connectivity index (χ0v) is 28.2. The Hall–Kier alpha value is -5.59. The molecule has 9 rings (SSSR count). The van der Waals surface area contributed by atoms with Crippen LogP contribution in [-0.4, -0.2) is 28.5 Å².